The van der Waals surface area contributed by atoms with Gasteiger partial charge in [0.05, 0.1) is 6.10 Å². The minimum atomic E-state index is -0.678. The molecule has 0 radical (unpaired) electrons. The van der Waals surface area contributed by atoms with Gasteiger partial charge in [0, 0.05) is 13.5 Å². The molecular formula is C13H16FNO3. The summed E-state index contributed by atoms with van der Waals surface area (Å²) in [5.41, 5.74) is 0.00883. The van der Waals surface area contributed by atoms with Gasteiger partial charge in [-0.05, 0) is 31.4 Å². The van der Waals surface area contributed by atoms with Gasteiger partial charge < -0.3 is 9.47 Å². The molecule has 0 spiro atoms. The van der Waals surface area contributed by atoms with Crippen LogP contribution in [0, 0.1) is 5.95 Å². The predicted molar refractivity (Wildman–Crippen MR) is 62.7 cm³/mol. The van der Waals surface area contributed by atoms with Crippen molar-refractivity contribution in [3.8, 4) is 0 Å². The Balaban J connectivity index is 1.95. The first-order valence-electron chi connectivity index (χ1n) is 6.05. The monoisotopic (exact) mass is 253 g/mol. The van der Waals surface area contributed by atoms with Gasteiger partial charge in [0.25, 0.3) is 0 Å². The number of nitrogens with zero attached hydrogens (tertiary/aromatic N) is 1. The van der Waals surface area contributed by atoms with E-state index in [0.717, 1.165) is 19.3 Å². The van der Waals surface area contributed by atoms with E-state index in [2.05, 4.69) is 4.98 Å². The molecule has 0 bridgehead atoms. The Hall–Kier alpha value is -1.49. The van der Waals surface area contributed by atoms with Crippen molar-refractivity contribution in [2.75, 3.05) is 7.11 Å². The van der Waals surface area contributed by atoms with E-state index in [1.165, 1.54) is 18.2 Å². The molecule has 0 aromatic carbocycles. The summed E-state index contributed by atoms with van der Waals surface area (Å²) >= 11 is 0. The average molecular weight is 253 g/mol. The zero-order chi connectivity index (χ0) is 13.0. The summed E-state index contributed by atoms with van der Waals surface area (Å²) in [6.45, 7) is 0. The smallest absolute Gasteiger partial charge is 0.357 e. The molecule has 1 aliphatic rings. The van der Waals surface area contributed by atoms with Crippen LogP contribution in [0.1, 0.15) is 36.2 Å². The Bertz CT molecular complexity index is 424. The molecule has 1 aromatic heterocycles. The first-order valence-corrected chi connectivity index (χ1v) is 6.05. The van der Waals surface area contributed by atoms with Crippen LogP contribution in [0.3, 0.4) is 0 Å². The van der Waals surface area contributed by atoms with Crippen molar-refractivity contribution in [1.29, 1.82) is 0 Å². The normalized spacial score (nSPS) is 23.7. The molecule has 0 saturated heterocycles. The standard InChI is InChI=1S/C13H16FNO3/c1-17-9-4-2-5-10(8-9)18-13(16)11-6-3-7-12(14)15-11/h3,6-7,9-10H,2,4-5,8H2,1H3. The Morgan fingerprint density at radius 2 is 2.17 bits per heavy atom. The molecule has 18 heavy (non-hydrogen) atoms. The van der Waals surface area contributed by atoms with Gasteiger partial charge in [-0.1, -0.05) is 6.07 Å². The maximum atomic E-state index is 12.9. The summed E-state index contributed by atoms with van der Waals surface area (Å²) in [7, 11) is 1.66. The second kappa shape index (κ2) is 5.91. The maximum Gasteiger partial charge on any atom is 0.357 e. The SMILES string of the molecule is COC1CCCC(OC(=O)c2cccc(F)n2)C1. The highest BCUT2D eigenvalue weighted by Crippen LogP contribution is 2.23. The number of hydrogen-bond acceptors (Lipinski definition) is 4. The number of rotatable bonds is 3. The molecule has 0 N–H and O–H groups in total. The molecular weight excluding hydrogens is 237 g/mol. The molecule has 2 atom stereocenters. The number of ether oxygens (including phenoxy) is 2. The lowest BCUT2D eigenvalue weighted by Crippen LogP contribution is -2.29. The summed E-state index contributed by atoms with van der Waals surface area (Å²) in [6.07, 6.45) is 3.44. The topological polar surface area (TPSA) is 48.4 Å². The fourth-order valence-electron chi connectivity index (χ4n) is 2.16. The first kappa shape index (κ1) is 13.0. The molecule has 4 nitrogen and oxygen atoms in total. The van der Waals surface area contributed by atoms with Gasteiger partial charge in [-0.3, -0.25) is 0 Å². The second-order valence-electron chi connectivity index (χ2n) is 4.40. The van der Waals surface area contributed by atoms with E-state index in [1.807, 2.05) is 0 Å². The van der Waals surface area contributed by atoms with Gasteiger partial charge in [0.15, 0.2) is 5.69 Å². The molecule has 98 valence electrons. The Kier molecular flexibility index (Phi) is 4.25. The van der Waals surface area contributed by atoms with Crippen molar-refractivity contribution < 1.29 is 18.7 Å². The molecule has 5 heteroatoms. The first-order chi connectivity index (χ1) is 8.69. The van der Waals surface area contributed by atoms with Crippen LogP contribution in [-0.4, -0.2) is 30.3 Å². The number of hydrogen-bond donors (Lipinski definition) is 0. The highest BCUT2D eigenvalue weighted by molar-refractivity contribution is 5.87. The molecule has 0 aliphatic heterocycles. The fourth-order valence-corrected chi connectivity index (χ4v) is 2.16. The van der Waals surface area contributed by atoms with Crippen LogP contribution in [0.25, 0.3) is 0 Å². The van der Waals surface area contributed by atoms with E-state index in [9.17, 15) is 9.18 Å². The fraction of sp³-hybridized carbons (Fsp3) is 0.538. The number of carbonyl (C=O) groups is 1. The molecule has 1 fully saturated rings. The highest BCUT2D eigenvalue weighted by Gasteiger charge is 2.25. The van der Waals surface area contributed by atoms with Crippen LogP contribution < -0.4 is 0 Å². The van der Waals surface area contributed by atoms with E-state index in [4.69, 9.17) is 9.47 Å². The van der Waals surface area contributed by atoms with Crippen molar-refractivity contribution in [1.82, 2.24) is 4.98 Å². The largest absolute Gasteiger partial charge is 0.458 e. The highest BCUT2D eigenvalue weighted by atomic mass is 19.1. The summed E-state index contributed by atoms with van der Waals surface area (Å²) in [6, 6.07) is 4.08. The van der Waals surface area contributed by atoms with Gasteiger partial charge in [0.2, 0.25) is 5.95 Å². The van der Waals surface area contributed by atoms with Crippen molar-refractivity contribution in [2.45, 2.75) is 37.9 Å². The lowest BCUT2D eigenvalue weighted by atomic mass is 9.95. The lowest BCUT2D eigenvalue weighted by molar-refractivity contribution is -0.0153. The molecule has 0 amide bonds. The zero-order valence-electron chi connectivity index (χ0n) is 10.3. The lowest BCUT2D eigenvalue weighted by Gasteiger charge is -2.27. The van der Waals surface area contributed by atoms with Crippen molar-refractivity contribution in [3.05, 3.63) is 29.8 Å². The van der Waals surface area contributed by atoms with Crippen LogP contribution in [0.5, 0.6) is 0 Å². The zero-order valence-corrected chi connectivity index (χ0v) is 10.3. The third-order valence-electron chi connectivity index (χ3n) is 3.11. The summed E-state index contributed by atoms with van der Waals surface area (Å²) in [5, 5.41) is 0. The third-order valence-corrected chi connectivity index (χ3v) is 3.11. The summed E-state index contributed by atoms with van der Waals surface area (Å²) in [4.78, 5) is 15.3. The van der Waals surface area contributed by atoms with E-state index >= 15 is 0 Å². The van der Waals surface area contributed by atoms with Gasteiger partial charge >= 0.3 is 5.97 Å². The Morgan fingerprint density at radius 1 is 1.39 bits per heavy atom. The summed E-state index contributed by atoms with van der Waals surface area (Å²) in [5.74, 6) is -1.25. The number of methoxy groups -OCH3 is 1. The number of pyridine rings is 1. The van der Waals surface area contributed by atoms with E-state index in [0.29, 0.717) is 6.42 Å². The van der Waals surface area contributed by atoms with Crippen molar-refractivity contribution in [3.63, 3.8) is 0 Å². The van der Waals surface area contributed by atoms with Gasteiger partial charge in [-0.15, -0.1) is 0 Å². The molecule has 1 aliphatic carbocycles. The van der Waals surface area contributed by atoms with Gasteiger partial charge in [0.1, 0.15) is 6.10 Å². The number of esters is 1. The average Bonchev–Trinajstić information content (AvgIpc) is 2.39. The molecule has 1 aromatic rings. The van der Waals surface area contributed by atoms with E-state index in [1.54, 1.807) is 7.11 Å². The second-order valence-corrected chi connectivity index (χ2v) is 4.40. The van der Waals surface area contributed by atoms with Crippen molar-refractivity contribution >= 4 is 5.97 Å². The van der Waals surface area contributed by atoms with Crippen molar-refractivity contribution in [2.24, 2.45) is 0 Å². The van der Waals surface area contributed by atoms with Gasteiger partial charge in [-0.25, -0.2) is 9.78 Å². The van der Waals surface area contributed by atoms with Crippen LogP contribution in [0.15, 0.2) is 18.2 Å². The predicted octanol–water partition coefficient (Wildman–Crippen LogP) is 2.34. The third kappa shape index (κ3) is 3.26. The van der Waals surface area contributed by atoms with Gasteiger partial charge in [-0.2, -0.15) is 4.39 Å². The number of halogens is 1. The van der Waals surface area contributed by atoms with E-state index in [-0.39, 0.29) is 17.9 Å². The maximum absolute atomic E-state index is 12.9. The Labute approximate surface area is 105 Å². The molecule has 1 heterocycles. The van der Waals surface area contributed by atoms with Crippen LogP contribution in [0.2, 0.25) is 0 Å². The molecule has 2 unspecified atom stereocenters. The van der Waals surface area contributed by atoms with Crippen LogP contribution in [-0.2, 0) is 9.47 Å². The molecule has 1 saturated carbocycles. The Morgan fingerprint density at radius 3 is 2.89 bits per heavy atom. The molecule has 2 rings (SSSR count). The van der Waals surface area contributed by atoms with Crippen LogP contribution in [0.4, 0.5) is 4.39 Å². The number of carbonyl (C=O) groups excluding carboxylic acids is 1. The summed E-state index contributed by atoms with van der Waals surface area (Å²) < 4.78 is 23.5. The minimum Gasteiger partial charge on any atom is -0.458 e. The minimum absolute atomic E-state index is 0.00883. The quantitative estimate of drug-likeness (QED) is 0.612. The van der Waals surface area contributed by atoms with E-state index < -0.39 is 11.9 Å². The van der Waals surface area contributed by atoms with Crippen LogP contribution >= 0.6 is 0 Å². The number of aromatic nitrogens is 1.